The lowest BCUT2D eigenvalue weighted by Gasteiger charge is -2.20. The molecule has 0 fully saturated rings. The van der Waals surface area contributed by atoms with Gasteiger partial charge in [-0.2, -0.15) is 0 Å². The molecule has 1 unspecified atom stereocenters. The molecular formula is C19H25IN6O2. The molecule has 9 heteroatoms. The second-order valence-corrected chi connectivity index (χ2v) is 6.12. The maximum Gasteiger partial charge on any atom is 0.216 e. The van der Waals surface area contributed by atoms with E-state index < -0.39 is 0 Å². The largest absolute Gasteiger partial charge is 0.496 e. The maximum atomic E-state index is 5.47. The SMILES string of the molecule is CN=C(NCc1nc(-c2ccco2)n[nH]1)NC(C)c1cc(C)ccc1OC.I. The molecule has 0 spiro atoms. The highest BCUT2D eigenvalue weighted by molar-refractivity contribution is 14.0. The van der Waals surface area contributed by atoms with E-state index >= 15 is 0 Å². The van der Waals surface area contributed by atoms with Crippen LogP contribution in [-0.2, 0) is 6.54 Å². The smallest absolute Gasteiger partial charge is 0.216 e. The van der Waals surface area contributed by atoms with Gasteiger partial charge in [-0.1, -0.05) is 17.7 Å². The van der Waals surface area contributed by atoms with Gasteiger partial charge in [-0.05, 0) is 32.0 Å². The number of hydrogen-bond donors (Lipinski definition) is 3. The summed E-state index contributed by atoms with van der Waals surface area (Å²) in [5.41, 5.74) is 2.25. The minimum atomic E-state index is 0. The summed E-state index contributed by atoms with van der Waals surface area (Å²) in [7, 11) is 3.40. The molecule has 0 bridgehead atoms. The van der Waals surface area contributed by atoms with Crippen LogP contribution < -0.4 is 15.4 Å². The predicted molar refractivity (Wildman–Crippen MR) is 119 cm³/mol. The first kappa shape index (κ1) is 21.7. The number of benzene rings is 1. The van der Waals surface area contributed by atoms with Gasteiger partial charge in [0.1, 0.15) is 11.6 Å². The van der Waals surface area contributed by atoms with Crippen LogP contribution in [0.1, 0.15) is 29.9 Å². The molecule has 2 heterocycles. The van der Waals surface area contributed by atoms with Crippen LogP contribution in [0.25, 0.3) is 11.6 Å². The molecule has 150 valence electrons. The average Bonchev–Trinajstić information content (AvgIpc) is 3.36. The van der Waals surface area contributed by atoms with E-state index in [1.165, 1.54) is 5.56 Å². The molecular weight excluding hydrogens is 471 g/mol. The highest BCUT2D eigenvalue weighted by atomic mass is 127. The number of nitrogens with one attached hydrogen (secondary N) is 3. The number of H-pyrrole nitrogens is 1. The fourth-order valence-corrected chi connectivity index (χ4v) is 2.73. The third-order valence-corrected chi connectivity index (χ3v) is 4.13. The van der Waals surface area contributed by atoms with Crippen molar-refractivity contribution in [1.29, 1.82) is 0 Å². The molecule has 0 radical (unpaired) electrons. The summed E-state index contributed by atoms with van der Waals surface area (Å²) in [4.78, 5) is 8.69. The third kappa shape index (κ3) is 5.24. The monoisotopic (exact) mass is 496 g/mol. The number of aryl methyl sites for hydroxylation is 1. The highest BCUT2D eigenvalue weighted by Crippen LogP contribution is 2.26. The Kier molecular flexibility index (Phi) is 7.85. The minimum Gasteiger partial charge on any atom is -0.496 e. The van der Waals surface area contributed by atoms with Crippen molar-refractivity contribution in [2.45, 2.75) is 26.4 Å². The molecule has 3 N–H and O–H groups in total. The molecule has 0 aliphatic heterocycles. The van der Waals surface area contributed by atoms with Crippen LogP contribution in [-0.4, -0.2) is 35.3 Å². The molecule has 0 amide bonds. The number of aromatic amines is 1. The molecule has 8 nitrogen and oxygen atoms in total. The molecule has 2 aromatic heterocycles. The number of furan rings is 1. The molecule has 1 atom stereocenters. The van der Waals surface area contributed by atoms with Crippen molar-refractivity contribution in [3.8, 4) is 17.3 Å². The van der Waals surface area contributed by atoms with E-state index in [2.05, 4.69) is 50.7 Å². The standard InChI is InChI=1S/C19H24N6O2.HI/c1-12-7-8-15(26-4)14(10-12)13(2)22-19(20-3)21-11-17-23-18(25-24-17)16-6-5-9-27-16;/h5-10,13H,11H2,1-4H3,(H2,20,21,22)(H,23,24,25);1H. The van der Waals surface area contributed by atoms with Crippen molar-refractivity contribution in [2.75, 3.05) is 14.2 Å². The first-order valence-corrected chi connectivity index (χ1v) is 8.67. The number of methoxy groups -OCH3 is 1. The highest BCUT2D eigenvalue weighted by Gasteiger charge is 2.14. The summed E-state index contributed by atoms with van der Waals surface area (Å²) in [6.07, 6.45) is 1.59. The number of rotatable bonds is 6. The quantitative estimate of drug-likeness (QED) is 0.275. The van der Waals surface area contributed by atoms with Crippen molar-refractivity contribution in [2.24, 2.45) is 4.99 Å². The Labute approximate surface area is 181 Å². The van der Waals surface area contributed by atoms with Gasteiger partial charge in [0.2, 0.25) is 5.82 Å². The summed E-state index contributed by atoms with van der Waals surface area (Å²) in [5.74, 6) is 3.33. The topological polar surface area (TPSA) is 100 Å². The lowest BCUT2D eigenvalue weighted by Crippen LogP contribution is -2.38. The molecule has 3 aromatic rings. The Balaban J connectivity index is 0.00000280. The van der Waals surface area contributed by atoms with E-state index in [1.807, 2.05) is 18.2 Å². The molecule has 0 aliphatic rings. The molecule has 3 rings (SSSR count). The van der Waals surface area contributed by atoms with Crippen molar-refractivity contribution in [3.05, 3.63) is 53.5 Å². The minimum absolute atomic E-state index is 0. The fourth-order valence-electron chi connectivity index (χ4n) is 2.73. The van der Waals surface area contributed by atoms with E-state index in [0.29, 0.717) is 29.9 Å². The maximum absolute atomic E-state index is 5.47. The van der Waals surface area contributed by atoms with Gasteiger partial charge in [0.05, 0.1) is 26.0 Å². The molecule has 0 aliphatic carbocycles. The van der Waals surface area contributed by atoms with Crippen LogP contribution in [0.15, 0.2) is 46.0 Å². The number of nitrogens with zero attached hydrogens (tertiary/aromatic N) is 3. The third-order valence-electron chi connectivity index (χ3n) is 4.13. The van der Waals surface area contributed by atoms with Gasteiger partial charge < -0.3 is 19.8 Å². The zero-order valence-electron chi connectivity index (χ0n) is 16.3. The zero-order valence-corrected chi connectivity index (χ0v) is 18.6. The van der Waals surface area contributed by atoms with Crippen molar-refractivity contribution in [1.82, 2.24) is 25.8 Å². The summed E-state index contributed by atoms with van der Waals surface area (Å²) < 4.78 is 10.8. The summed E-state index contributed by atoms with van der Waals surface area (Å²) >= 11 is 0. The van der Waals surface area contributed by atoms with Crippen LogP contribution in [0, 0.1) is 6.92 Å². The lowest BCUT2D eigenvalue weighted by molar-refractivity contribution is 0.405. The van der Waals surface area contributed by atoms with E-state index in [4.69, 9.17) is 9.15 Å². The molecule has 28 heavy (non-hydrogen) atoms. The van der Waals surface area contributed by atoms with Crippen LogP contribution in [0.5, 0.6) is 5.75 Å². The van der Waals surface area contributed by atoms with E-state index in [-0.39, 0.29) is 30.0 Å². The Hall–Kier alpha value is -2.56. The number of hydrogen-bond acceptors (Lipinski definition) is 5. The van der Waals surface area contributed by atoms with Gasteiger partial charge in [-0.3, -0.25) is 10.1 Å². The Morgan fingerprint density at radius 1 is 1.36 bits per heavy atom. The zero-order chi connectivity index (χ0) is 19.2. The van der Waals surface area contributed by atoms with Crippen LogP contribution in [0.4, 0.5) is 0 Å². The average molecular weight is 496 g/mol. The Morgan fingerprint density at radius 3 is 2.86 bits per heavy atom. The van der Waals surface area contributed by atoms with Crippen molar-refractivity contribution in [3.63, 3.8) is 0 Å². The number of halogens is 1. The lowest BCUT2D eigenvalue weighted by atomic mass is 10.0. The molecule has 1 aromatic carbocycles. The summed E-state index contributed by atoms with van der Waals surface area (Å²) in [6, 6.07) is 9.75. The van der Waals surface area contributed by atoms with Gasteiger partial charge in [-0.15, -0.1) is 29.1 Å². The number of ether oxygens (including phenoxy) is 1. The first-order chi connectivity index (χ1) is 13.1. The van der Waals surface area contributed by atoms with E-state index in [1.54, 1.807) is 26.5 Å². The number of aromatic nitrogens is 3. The molecule has 0 saturated heterocycles. The summed E-state index contributed by atoms with van der Waals surface area (Å²) in [5, 5.41) is 13.7. The van der Waals surface area contributed by atoms with Gasteiger partial charge in [-0.25, -0.2) is 4.98 Å². The Bertz CT molecular complexity index is 907. The van der Waals surface area contributed by atoms with Gasteiger partial charge in [0.15, 0.2) is 11.7 Å². The fraction of sp³-hybridized carbons (Fsp3) is 0.316. The first-order valence-electron chi connectivity index (χ1n) is 8.67. The van der Waals surface area contributed by atoms with Crippen LogP contribution in [0.3, 0.4) is 0 Å². The van der Waals surface area contributed by atoms with Crippen LogP contribution in [0.2, 0.25) is 0 Å². The number of aliphatic imine (C=N–C) groups is 1. The summed E-state index contributed by atoms with van der Waals surface area (Å²) in [6.45, 7) is 4.57. The number of guanidine groups is 1. The van der Waals surface area contributed by atoms with Gasteiger partial charge in [0.25, 0.3) is 0 Å². The predicted octanol–water partition coefficient (Wildman–Crippen LogP) is 3.43. The van der Waals surface area contributed by atoms with E-state index in [9.17, 15) is 0 Å². The second-order valence-electron chi connectivity index (χ2n) is 6.12. The van der Waals surface area contributed by atoms with Crippen molar-refractivity contribution < 1.29 is 9.15 Å². The normalized spacial score (nSPS) is 12.2. The Morgan fingerprint density at radius 2 is 2.18 bits per heavy atom. The van der Waals surface area contributed by atoms with Crippen molar-refractivity contribution >= 4 is 29.9 Å². The van der Waals surface area contributed by atoms with Gasteiger partial charge >= 0.3 is 0 Å². The molecule has 0 saturated carbocycles. The second kappa shape index (κ2) is 10.1. The van der Waals surface area contributed by atoms with Crippen LogP contribution >= 0.6 is 24.0 Å². The van der Waals surface area contributed by atoms with E-state index in [0.717, 1.165) is 11.3 Å². The van der Waals surface area contributed by atoms with Gasteiger partial charge in [0, 0.05) is 12.6 Å².